The predicted octanol–water partition coefficient (Wildman–Crippen LogP) is -1.29. The van der Waals surface area contributed by atoms with Crippen molar-refractivity contribution in [2.24, 2.45) is 0 Å². The Morgan fingerprint density at radius 2 is 1.84 bits per heavy atom. The minimum Gasteiger partial charge on any atom is -0.506 e. The van der Waals surface area contributed by atoms with E-state index in [4.69, 9.17) is 23.7 Å². The van der Waals surface area contributed by atoms with E-state index in [1.54, 1.807) is 19.1 Å². The largest absolute Gasteiger partial charge is 0.506 e. The zero-order chi connectivity index (χ0) is 27.9. The fourth-order valence-electron chi connectivity index (χ4n) is 4.74. The first-order valence-corrected chi connectivity index (χ1v) is 11.9. The molecule has 0 bridgehead atoms. The number of benzene rings is 2. The van der Waals surface area contributed by atoms with Crippen LogP contribution >= 0.6 is 0 Å². The number of hydrogen-bond donors (Lipinski definition) is 7. The Kier molecular flexibility index (Phi) is 8.14. The fraction of sp³-hybridized carbons (Fsp3) is 0.560. The second kappa shape index (κ2) is 10.9. The Morgan fingerprint density at radius 1 is 1.13 bits per heavy atom. The van der Waals surface area contributed by atoms with Crippen molar-refractivity contribution in [2.45, 2.75) is 62.5 Å². The zero-order valence-electron chi connectivity index (χ0n) is 21.0. The van der Waals surface area contributed by atoms with E-state index in [1.807, 2.05) is 0 Å². The van der Waals surface area contributed by atoms with E-state index in [0.717, 1.165) is 0 Å². The molecule has 2 heterocycles. The van der Waals surface area contributed by atoms with Gasteiger partial charge in [-0.05, 0) is 30.9 Å². The van der Waals surface area contributed by atoms with Crippen LogP contribution in [0.25, 0.3) is 10.8 Å². The third-order valence-corrected chi connectivity index (χ3v) is 6.87. The first kappa shape index (κ1) is 28.4. The highest BCUT2D eigenvalue weighted by molar-refractivity contribution is 6.07. The lowest BCUT2D eigenvalue weighted by molar-refractivity contribution is -0.318. The number of phenols is 1. The quantitative estimate of drug-likeness (QED) is 0.195. The molecule has 13 heteroatoms. The Morgan fingerprint density at radius 3 is 2.42 bits per heavy atom. The van der Waals surface area contributed by atoms with Crippen molar-refractivity contribution in [1.29, 1.82) is 0 Å². The molecule has 0 amide bonds. The summed E-state index contributed by atoms with van der Waals surface area (Å²) >= 11 is 0. The van der Waals surface area contributed by atoms with Gasteiger partial charge in [0.1, 0.15) is 47.3 Å². The summed E-state index contributed by atoms with van der Waals surface area (Å²) in [5, 5.41) is 72.7. The van der Waals surface area contributed by atoms with Crippen LogP contribution in [0, 0.1) is 6.92 Å². The molecule has 0 spiro atoms. The summed E-state index contributed by atoms with van der Waals surface area (Å²) in [4.78, 5) is 12.2. The highest BCUT2D eigenvalue weighted by Crippen LogP contribution is 2.42. The number of carbonyl (C=O) groups is 1. The molecule has 8 atom stereocenters. The summed E-state index contributed by atoms with van der Waals surface area (Å²) in [6.45, 7) is 0.952. The normalized spacial score (nSPS) is 33.4. The lowest BCUT2D eigenvalue weighted by atomic mass is 9.96. The summed E-state index contributed by atoms with van der Waals surface area (Å²) in [7, 11) is 1.41. The van der Waals surface area contributed by atoms with Gasteiger partial charge in [-0.25, -0.2) is 0 Å². The third-order valence-electron chi connectivity index (χ3n) is 6.87. The number of aromatic hydroxyl groups is 1. The standard InChI is InChI=1S/C25H32O13/c1-10-4-12-5-13(34-3)6-14(17(12)19(30)16(10)11(2)28)36-23-21(20(31)18(29)15(7-26)37-23)38-24-22(32)25(33,8-27)9-35-24/h4-6,15,18,20-24,26-27,29-33H,7-9H2,1-3H3/t15-,18-,20+,21-,22+,23-,24+,25-/m1/s1. The second-order valence-electron chi connectivity index (χ2n) is 9.51. The number of ketones is 1. The van der Waals surface area contributed by atoms with Crippen molar-refractivity contribution in [2.75, 3.05) is 26.9 Å². The Bertz CT molecular complexity index is 1190. The Labute approximate surface area is 217 Å². The molecule has 2 aliphatic heterocycles. The van der Waals surface area contributed by atoms with Crippen LogP contribution in [0.5, 0.6) is 17.2 Å². The lowest BCUT2D eigenvalue weighted by Gasteiger charge is -2.42. The van der Waals surface area contributed by atoms with Crippen molar-refractivity contribution in [3.05, 3.63) is 29.3 Å². The van der Waals surface area contributed by atoms with E-state index in [2.05, 4.69) is 0 Å². The number of aliphatic hydroxyl groups excluding tert-OH is 5. The van der Waals surface area contributed by atoms with E-state index < -0.39 is 68.5 Å². The van der Waals surface area contributed by atoms with Gasteiger partial charge < -0.3 is 59.4 Å². The molecule has 0 aliphatic carbocycles. The molecular formula is C25H32O13. The molecule has 2 fully saturated rings. The predicted molar refractivity (Wildman–Crippen MR) is 128 cm³/mol. The van der Waals surface area contributed by atoms with Gasteiger partial charge in [-0.15, -0.1) is 0 Å². The number of aryl methyl sites for hydroxylation is 1. The van der Waals surface area contributed by atoms with Gasteiger partial charge in [-0.2, -0.15) is 0 Å². The topological polar surface area (TPSA) is 205 Å². The maximum absolute atomic E-state index is 12.2. The number of rotatable bonds is 8. The van der Waals surface area contributed by atoms with Crippen LogP contribution in [0.15, 0.2) is 18.2 Å². The first-order valence-electron chi connectivity index (χ1n) is 11.9. The number of carbonyl (C=O) groups excluding carboxylic acids is 1. The molecule has 210 valence electrons. The summed E-state index contributed by atoms with van der Waals surface area (Å²) in [5.74, 6) is -0.475. The van der Waals surface area contributed by atoms with Crippen LogP contribution in [0.2, 0.25) is 0 Å². The molecular weight excluding hydrogens is 508 g/mol. The Hall–Kier alpha value is -2.59. The molecule has 0 aromatic heterocycles. The van der Waals surface area contributed by atoms with Gasteiger partial charge in [-0.3, -0.25) is 4.79 Å². The van der Waals surface area contributed by atoms with Gasteiger partial charge in [0.05, 0.1) is 37.9 Å². The van der Waals surface area contributed by atoms with Crippen LogP contribution in [0.4, 0.5) is 0 Å². The van der Waals surface area contributed by atoms with Crippen molar-refractivity contribution in [3.63, 3.8) is 0 Å². The Balaban J connectivity index is 1.76. The van der Waals surface area contributed by atoms with E-state index in [9.17, 15) is 40.5 Å². The molecule has 0 saturated carbocycles. The number of phenolic OH excluding ortho intramolecular Hbond substituents is 1. The summed E-state index contributed by atoms with van der Waals surface area (Å²) < 4.78 is 28.0. The van der Waals surface area contributed by atoms with Crippen LogP contribution in [-0.4, -0.2) is 117 Å². The fourth-order valence-corrected chi connectivity index (χ4v) is 4.74. The van der Waals surface area contributed by atoms with Crippen molar-refractivity contribution in [1.82, 2.24) is 0 Å². The van der Waals surface area contributed by atoms with Crippen molar-refractivity contribution < 1.29 is 64.2 Å². The number of Topliss-reactive ketones (excluding diaryl/α,β-unsaturated/α-hetero) is 1. The smallest absolute Gasteiger partial charge is 0.229 e. The molecule has 2 aromatic rings. The number of aliphatic hydroxyl groups is 6. The highest BCUT2D eigenvalue weighted by atomic mass is 16.8. The molecule has 2 saturated heterocycles. The zero-order valence-corrected chi connectivity index (χ0v) is 21.0. The van der Waals surface area contributed by atoms with Gasteiger partial charge >= 0.3 is 0 Å². The minimum absolute atomic E-state index is 0.0435. The summed E-state index contributed by atoms with van der Waals surface area (Å²) in [5.41, 5.74) is -1.44. The van der Waals surface area contributed by atoms with E-state index >= 15 is 0 Å². The number of hydrogen-bond acceptors (Lipinski definition) is 13. The van der Waals surface area contributed by atoms with Crippen LogP contribution < -0.4 is 9.47 Å². The minimum atomic E-state index is -2.02. The monoisotopic (exact) mass is 540 g/mol. The average Bonchev–Trinajstić information content (AvgIpc) is 3.16. The summed E-state index contributed by atoms with van der Waals surface area (Å²) in [6.07, 6.45) is -11.1. The van der Waals surface area contributed by atoms with Crippen LogP contribution in [0.1, 0.15) is 22.8 Å². The van der Waals surface area contributed by atoms with Crippen molar-refractivity contribution >= 4 is 16.6 Å². The van der Waals surface area contributed by atoms with E-state index in [-0.39, 0.29) is 28.2 Å². The molecule has 7 N–H and O–H groups in total. The molecule has 0 unspecified atom stereocenters. The van der Waals surface area contributed by atoms with E-state index in [0.29, 0.717) is 16.7 Å². The first-order chi connectivity index (χ1) is 17.9. The van der Waals surface area contributed by atoms with Gasteiger partial charge in [-0.1, -0.05) is 6.07 Å². The summed E-state index contributed by atoms with van der Waals surface area (Å²) in [6, 6.07) is 4.67. The SMILES string of the molecule is COc1cc(O[C@@H]2O[C@H](CO)[C@@H](O)[C@H](O)[C@H]2O[C@@H]2OC[C@](O)(CO)[C@H]2O)c2c(O)c(C(C)=O)c(C)cc2c1. The van der Waals surface area contributed by atoms with Crippen LogP contribution in [-0.2, 0) is 14.2 Å². The second-order valence-corrected chi connectivity index (χ2v) is 9.51. The van der Waals surface area contributed by atoms with Gasteiger partial charge in [0.2, 0.25) is 6.29 Å². The molecule has 13 nitrogen and oxygen atoms in total. The lowest BCUT2D eigenvalue weighted by Crippen LogP contribution is -2.62. The number of methoxy groups -OCH3 is 1. The maximum Gasteiger partial charge on any atom is 0.229 e. The molecule has 38 heavy (non-hydrogen) atoms. The van der Waals surface area contributed by atoms with Gasteiger partial charge in [0.25, 0.3) is 0 Å². The molecule has 4 rings (SSSR count). The maximum atomic E-state index is 12.2. The molecule has 2 aliphatic rings. The number of fused-ring (bicyclic) bond motifs is 1. The average molecular weight is 541 g/mol. The highest BCUT2D eigenvalue weighted by Gasteiger charge is 2.53. The van der Waals surface area contributed by atoms with E-state index in [1.165, 1.54) is 20.1 Å². The van der Waals surface area contributed by atoms with Gasteiger partial charge in [0, 0.05) is 6.07 Å². The van der Waals surface area contributed by atoms with Gasteiger partial charge in [0.15, 0.2) is 18.2 Å². The third kappa shape index (κ3) is 4.93. The van der Waals surface area contributed by atoms with Crippen molar-refractivity contribution in [3.8, 4) is 17.2 Å². The molecule has 0 radical (unpaired) electrons. The van der Waals surface area contributed by atoms with Crippen LogP contribution in [0.3, 0.4) is 0 Å². The molecule has 2 aromatic carbocycles. The number of ether oxygens (including phenoxy) is 5.